The number of ketones is 2. The van der Waals surface area contributed by atoms with Crippen molar-refractivity contribution < 1.29 is 24.7 Å². The zero-order valence-electron chi connectivity index (χ0n) is 31.8. The summed E-state index contributed by atoms with van der Waals surface area (Å²) in [5.74, 6) is 12.5. The van der Waals surface area contributed by atoms with Crippen molar-refractivity contribution >= 4 is 11.6 Å². The van der Waals surface area contributed by atoms with Gasteiger partial charge >= 0.3 is 0 Å². The fourth-order valence-electron chi connectivity index (χ4n) is 11.4. The Balaban J connectivity index is 1.53. The Morgan fingerprint density at radius 1 is 0.918 bits per heavy atom. The number of rotatable bonds is 10. The zero-order valence-corrected chi connectivity index (χ0v) is 31.8. The molecule has 5 N–H and O–H groups in total. The number of carbonyl (C=O) groups is 2. The molecule has 0 amide bonds. The van der Waals surface area contributed by atoms with Crippen molar-refractivity contribution in [1.82, 2.24) is 0 Å². The monoisotopic (exact) mass is 682 g/mol. The number of piperidine rings is 1. The van der Waals surface area contributed by atoms with Crippen molar-refractivity contribution in [3.63, 3.8) is 0 Å². The van der Waals surface area contributed by atoms with Gasteiger partial charge in [-0.05, 0) is 112 Å². The van der Waals surface area contributed by atoms with E-state index in [1.807, 2.05) is 0 Å². The van der Waals surface area contributed by atoms with Gasteiger partial charge in [0.25, 0.3) is 0 Å². The van der Waals surface area contributed by atoms with E-state index in [1.165, 1.54) is 77.0 Å². The van der Waals surface area contributed by atoms with Crippen LogP contribution in [0.4, 0.5) is 0 Å². The van der Waals surface area contributed by atoms with Crippen LogP contribution in [0.3, 0.4) is 0 Å². The van der Waals surface area contributed by atoms with Crippen molar-refractivity contribution in [2.24, 2.45) is 70.8 Å². The molecule has 1 saturated heterocycles. The third-order valence-electron chi connectivity index (χ3n) is 14.0. The zero-order chi connectivity index (χ0) is 34.9. The minimum atomic E-state index is -0.494. The van der Waals surface area contributed by atoms with E-state index in [0.717, 1.165) is 38.6 Å². The van der Waals surface area contributed by atoms with Crippen molar-refractivity contribution in [2.45, 2.75) is 168 Å². The van der Waals surface area contributed by atoms with Crippen molar-refractivity contribution in [3.05, 3.63) is 0 Å². The van der Waals surface area contributed by atoms with E-state index in [-0.39, 0.29) is 59.8 Å². The summed E-state index contributed by atoms with van der Waals surface area (Å²) in [6, 6.07) is 0. The minimum absolute atomic E-state index is 0.0130. The lowest BCUT2D eigenvalue weighted by Gasteiger charge is -2.46. The maximum atomic E-state index is 14.2. The van der Waals surface area contributed by atoms with E-state index in [9.17, 15) is 14.7 Å². The minimum Gasteiger partial charge on any atom is -0.390 e. The maximum Gasteiger partial charge on any atom is 0.144 e. The van der Waals surface area contributed by atoms with E-state index in [0.29, 0.717) is 48.3 Å². The van der Waals surface area contributed by atoms with Gasteiger partial charge in [0.15, 0.2) is 0 Å². The first-order chi connectivity index (χ1) is 23.6. The molecule has 4 fully saturated rings. The number of unbranched alkanes of at least 4 members (excludes halogenated alkanes) is 1. The molecular weight excluding hydrogens is 608 g/mol. The van der Waals surface area contributed by atoms with Crippen LogP contribution in [-0.2, 0) is 14.3 Å². The molecule has 13 unspecified atom stereocenters. The Hall–Kier alpha value is -1.26. The highest BCUT2D eigenvalue weighted by Gasteiger charge is 2.45. The maximum absolute atomic E-state index is 14.2. The number of Topliss-reactive ketones (excluding diaryl/α,β-unsaturated/α-hetero) is 2. The highest BCUT2D eigenvalue weighted by atomic mass is 16.5. The summed E-state index contributed by atoms with van der Waals surface area (Å²) in [7, 11) is 1.71. The number of methoxy groups -OCH3 is 1. The van der Waals surface area contributed by atoms with E-state index >= 15 is 0 Å². The van der Waals surface area contributed by atoms with Gasteiger partial charge in [-0.25, -0.2) is 0 Å². The summed E-state index contributed by atoms with van der Waals surface area (Å²) < 4.78 is 5.80. The van der Waals surface area contributed by atoms with Gasteiger partial charge in [-0.2, -0.15) is 0 Å². The Bertz CT molecular complexity index is 1110. The average Bonchev–Trinajstić information content (AvgIpc) is 3.24. The number of quaternary nitrogens is 1. The van der Waals surface area contributed by atoms with Crippen LogP contribution in [0.5, 0.6) is 0 Å². The number of carbonyl (C=O) groups excluding carboxylic acids is 2. The van der Waals surface area contributed by atoms with Gasteiger partial charge in [-0.15, -0.1) is 0 Å². The Kier molecular flexibility index (Phi) is 15.1. The van der Waals surface area contributed by atoms with Crippen LogP contribution in [-0.4, -0.2) is 48.7 Å². The predicted molar refractivity (Wildman–Crippen MR) is 197 cm³/mol. The average molecular weight is 682 g/mol. The van der Waals surface area contributed by atoms with Gasteiger partial charge in [0.1, 0.15) is 17.7 Å². The summed E-state index contributed by atoms with van der Waals surface area (Å²) in [5.41, 5.74) is 6.43. The Labute approximate surface area is 299 Å². The lowest BCUT2D eigenvalue weighted by molar-refractivity contribution is -0.699. The second kappa shape index (κ2) is 19.0. The van der Waals surface area contributed by atoms with Crippen LogP contribution in [0.25, 0.3) is 0 Å². The quantitative estimate of drug-likeness (QED) is 0.169. The molecule has 1 heterocycles. The number of hydrogen-bond acceptors (Lipinski definition) is 5. The second-order valence-electron chi connectivity index (χ2n) is 18.1. The Morgan fingerprint density at radius 3 is 2.49 bits per heavy atom. The van der Waals surface area contributed by atoms with E-state index in [2.05, 4.69) is 37.9 Å². The normalized spacial score (nSPS) is 41.0. The molecule has 6 heteroatoms. The molecule has 13 atom stereocenters. The van der Waals surface area contributed by atoms with Crippen LogP contribution in [0, 0.1) is 76.9 Å². The first-order valence-corrected chi connectivity index (χ1v) is 21.0. The van der Waals surface area contributed by atoms with Gasteiger partial charge in [-0.1, -0.05) is 77.6 Å². The van der Waals surface area contributed by atoms with E-state index in [4.69, 9.17) is 10.5 Å². The molecule has 1 aliphatic heterocycles. The summed E-state index contributed by atoms with van der Waals surface area (Å²) in [5, 5.41) is 13.7. The summed E-state index contributed by atoms with van der Waals surface area (Å²) >= 11 is 0. The van der Waals surface area contributed by atoms with E-state index in [1.54, 1.807) is 7.11 Å². The number of aliphatic hydroxyl groups excluding tert-OH is 1. The molecule has 0 radical (unpaired) electrons. The predicted octanol–water partition coefficient (Wildman–Crippen LogP) is 7.06. The molecular formula is C43H73N2O4+. The van der Waals surface area contributed by atoms with Gasteiger partial charge in [0.05, 0.1) is 25.2 Å². The van der Waals surface area contributed by atoms with Gasteiger partial charge in [0, 0.05) is 37.7 Å². The highest BCUT2D eigenvalue weighted by molar-refractivity contribution is 6.00. The van der Waals surface area contributed by atoms with Crippen LogP contribution >= 0.6 is 0 Å². The molecule has 5 rings (SSSR count). The smallest absolute Gasteiger partial charge is 0.144 e. The number of hydrogen-bond donors (Lipinski definition) is 3. The largest absolute Gasteiger partial charge is 0.390 e. The highest BCUT2D eigenvalue weighted by Crippen LogP contribution is 2.49. The molecule has 278 valence electrons. The first-order valence-electron chi connectivity index (χ1n) is 21.0. The SMILES string of the molecule is CCCCC1CC(CC2CC[NH2+]C(N)C2)CC2C#CC(C3CCCCC3CCC(C)C)C3CC(O)C(OC)CC3CCC(=O)CC(=O)C2C1. The molecule has 4 aliphatic carbocycles. The molecule has 49 heavy (non-hydrogen) atoms. The Morgan fingerprint density at radius 2 is 1.73 bits per heavy atom. The van der Waals surface area contributed by atoms with Crippen LogP contribution in [0.2, 0.25) is 0 Å². The third kappa shape index (κ3) is 10.9. The fourth-order valence-corrected chi connectivity index (χ4v) is 11.4. The molecule has 0 aromatic heterocycles. The van der Waals surface area contributed by atoms with E-state index < -0.39 is 6.10 Å². The summed E-state index contributed by atoms with van der Waals surface area (Å²) in [6.07, 6.45) is 20.0. The van der Waals surface area contributed by atoms with Crippen LogP contribution in [0.1, 0.15) is 149 Å². The molecule has 3 saturated carbocycles. The first kappa shape index (κ1) is 39.0. The molecule has 0 aromatic rings. The second-order valence-corrected chi connectivity index (χ2v) is 18.1. The number of ether oxygens (including phenoxy) is 1. The lowest BCUT2D eigenvalue weighted by Crippen LogP contribution is -2.94. The van der Waals surface area contributed by atoms with Gasteiger partial charge < -0.3 is 15.2 Å². The van der Waals surface area contributed by atoms with Crippen molar-refractivity contribution in [2.75, 3.05) is 13.7 Å². The topological polar surface area (TPSA) is 106 Å². The number of aliphatic hydroxyl groups is 1. The number of fused-ring (bicyclic) bond motifs is 2. The molecule has 0 spiro atoms. The van der Waals surface area contributed by atoms with Gasteiger partial charge in [0.2, 0.25) is 0 Å². The standard InChI is InChI=1S/C43H72N2O4/c1-5-6-9-29-20-31(21-30-18-19-45-43(44)24-30)22-33-15-17-37(36-11-8-7-10-32(36)13-12-28(2)3)38-27-41(48)42(49-4)25-34(38)14-16-35(46)26-40(47)39(33)23-29/h28-34,36-39,41-43,45,48H,5-14,16,18-27,44H2,1-4H3/p+1. The summed E-state index contributed by atoms with van der Waals surface area (Å²) in [6.45, 7) is 8.07. The number of nitrogens with two attached hydrogens (primary N) is 2. The molecule has 5 aliphatic rings. The van der Waals surface area contributed by atoms with Crippen molar-refractivity contribution in [1.29, 1.82) is 0 Å². The van der Waals surface area contributed by atoms with Crippen LogP contribution in [0.15, 0.2) is 0 Å². The molecule has 0 aromatic carbocycles. The van der Waals surface area contributed by atoms with Crippen LogP contribution < -0.4 is 11.1 Å². The van der Waals surface area contributed by atoms with Crippen molar-refractivity contribution in [3.8, 4) is 11.8 Å². The summed E-state index contributed by atoms with van der Waals surface area (Å²) in [4.78, 5) is 27.8. The molecule has 0 bridgehead atoms. The molecule has 6 nitrogen and oxygen atoms in total. The third-order valence-corrected chi connectivity index (χ3v) is 14.0. The lowest BCUT2D eigenvalue weighted by atomic mass is 9.60. The fraction of sp³-hybridized carbons (Fsp3) is 0.907. The van der Waals surface area contributed by atoms with Gasteiger partial charge in [-0.3, -0.25) is 15.3 Å².